The van der Waals surface area contributed by atoms with Crippen molar-refractivity contribution in [2.24, 2.45) is 0 Å². The predicted octanol–water partition coefficient (Wildman–Crippen LogP) is 3.72. The van der Waals surface area contributed by atoms with Gasteiger partial charge in [-0.2, -0.15) is 0 Å². The maximum Gasteiger partial charge on any atom is 0.340 e. The molecule has 0 bridgehead atoms. The fourth-order valence-electron chi connectivity index (χ4n) is 2.37. The Balaban J connectivity index is 2.22. The Morgan fingerprint density at radius 3 is 2.43 bits per heavy atom. The summed E-state index contributed by atoms with van der Waals surface area (Å²) in [5.41, 5.74) is 1.77. The summed E-state index contributed by atoms with van der Waals surface area (Å²) in [6.45, 7) is 5.21. The van der Waals surface area contributed by atoms with Crippen LogP contribution in [-0.4, -0.2) is 30.0 Å². The molecule has 1 aromatic carbocycles. The first-order valence-electron chi connectivity index (χ1n) is 7.22. The summed E-state index contributed by atoms with van der Waals surface area (Å²) in [7, 11) is 0. The van der Waals surface area contributed by atoms with Crippen molar-refractivity contribution >= 4 is 23.4 Å². The highest BCUT2D eigenvalue weighted by atomic mass is 35.5. The number of carbonyl (C=O) groups is 2. The molecule has 0 aliphatic rings. The summed E-state index contributed by atoms with van der Waals surface area (Å²) >= 11 is 6.00. The fraction of sp³-hybridized carbons (Fsp3) is 0.294. The van der Waals surface area contributed by atoms with E-state index in [2.05, 4.69) is 4.98 Å². The van der Waals surface area contributed by atoms with E-state index in [1.807, 2.05) is 0 Å². The van der Waals surface area contributed by atoms with Gasteiger partial charge in [-0.15, -0.1) is 0 Å². The first-order valence-corrected chi connectivity index (χ1v) is 7.60. The largest absolute Gasteiger partial charge is 0.484 e. The number of rotatable bonds is 6. The molecule has 1 aromatic heterocycles. The molecule has 0 atom stereocenters. The van der Waals surface area contributed by atoms with Gasteiger partial charge in [0.1, 0.15) is 5.75 Å². The number of hydrogen-bond acceptors (Lipinski definition) is 4. The lowest BCUT2D eigenvalue weighted by Crippen LogP contribution is -2.17. The highest BCUT2D eigenvalue weighted by molar-refractivity contribution is 6.32. The quantitative estimate of drug-likeness (QED) is 0.645. The molecule has 0 aliphatic carbocycles. The summed E-state index contributed by atoms with van der Waals surface area (Å²) in [4.78, 5) is 27.6. The van der Waals surface area contributed by atoms with Crippen LogP contribution in [-0.2, 0) is 4.74 Å². The second-order valence-corrected chi connectivity index (χ2v) is 5.39. The molecule has 1 heterocycles. The predicted molar refractivity (Wildman–Crippen MR) is 87.5 cm³/mol. The van der Waals surface area contributed by atoms with Crippen LogP contribution in [0.25, 0.3) is 0 Å². The van der Waals surface area contributed by atoms with Crippen LogP contribution in [0.5, 0.6) is 5.75 Å². The maximum atomic E-state index is 12.5. The van der Waals surface area contributed by atoms with Crippen molar-refractivity contribution in [3.63, 3.8) is 0 Å². The summed E-state index contributed by atoms with van der Waals surface area (Å²) in [6.07, 6.45) is 0. The third-order valence-corrected chi connectivity index (χ3v) is 3.64. The molecule has 0 aliphatic heterocycles. The maximum absolute atomic E-state index is 12.5. The number of H-pyrrole nitrogens is 1. The molecular formula is C17H18ClNO4. The Bertz CT molecular complexity index is 736. The number of aryl methyl sites for hydroxylation is 2. The van der Waals surface area contributed by atoms with E-state index in [0.717, 1.165) is 0 Å². The van der Waals surface area contributed by atoms with Crippen molar-refractivity contribution in [1.29, 1.82) is 0 Å². The van der Waals surface area contributed by atoms with Gasteiger partial charge >= 0.3 is 5.97 Å². The van der Waals surface area contributed by atoms with E-state index in [4.69, 9.17) is 21.1 Å². The summed E-state index contributed by atoms with van der Waals surface area (Å²) in [5.74, 6) is -0.407. The van der Waals surface area contributed by atoms with E-state index >= 15 is 0 Å². The zero-order chi connectivity index (χ0) is 17.0. The first kappa shape index (κ1) is 17.1. The Morgan fingerprint density at radius 2 is 1.78 bits per heavy atom. The van der Waals surface area contributed by atoms with Crippen molar-refractivity contribution in [2.45, 2.75) is 20.8 Å². The smallest absolute Gasteiger partial charge is 0.340 e. The van der Waals surface area contributed by atoms with E-state index in [9.17, 15) is 9.59 Å². The van der Waals surface area contributed by atoms with Crippen LogP contribution in [0.15, 0.2) is 24.3 Å². The average molecular weight is 336 g/mol. The van der Waals surface area contributed by atoms with Crippen molar-refractivity contribution in [3.8, 4) is 5.75 Å². The van der Waals surface area contributed by atoms with Crippen LogP contribution in [0.4, 0.5) is 0 Å². The number of para-hydroxylation sites is 1. The van der Waals surface area contributed by atoms with Gasteiger partial charge < -0.3 is 14.5 Å². The third-order valence-electron chi connectivity index (χ3n) is 3.33. The van der Waals surface area contributed by atoms with E-state index in [-0.39, 0.29) is 24.6 Å². The minimum atomic E-state index is -0.518. The standard InChI is InChI=1S/C17H18ClNO4/c1-4-22-17(21)16-11(3)19-10(2)15(16)13(20)9-23-14-8-6-5-7-12(14)18/h5-8,19H,4,9H2,1-3H3. The summed E-state index contributed by atoms with van der Waals surface area (Å²) in [5, 5.41) is 0.424. The van der Waals surface area contributed by atoms with Crippen LogP contribution in [0, 0.1) is 13.8 Å². The Hall–Kier alpha value is -2.27. The fourth-order valence-corrected chi connectivity index (χ4v) is 2.56. The molecule has 5 nitrogen and oxygen atoms in total. The molecular weight excluding hydrogens is 318 g/mol. The number of Topliss-reactive ketones (excluding diaryl/α,β-unsaturated/α-hetero) is 1. The van der Waals surface area contributed by atoms with Crippen molar-refractivity contribution < 1.29 is 19.1 Å². The number of ether oxygens (including phenoxy) is 2. The molecule has 2 aromatic rings. The molecule has 1 N–H and O–H groups in total. The zero-order valence-corrected chi connectivity index (χ0v) is 14.0. The zero-order valence-electron chi connectivity index (χ0n) is 13.2. The van der Waals surface area contributed by atoms with Crippen LogP contribution in [0.2, 0.25) is 5.02 Å². The van der Waals surface area contributed by atoms with Gasteiger partial charge in [-0.3, -0.25) is 4.79 Å². The number of benzene rings is 1. The normalized spacial score (nSPS) is 10.4. The lowest BCUT2D eigenvalue weighted by molar-refractivity contribution is 0.0522. The molecule has 23 heavy (non-hydrogen) atoms. The van der Waals surface area contributed by atoms with E-state index in [1.165, 1.54) is 0 Å². The summed E-state index contributed by atoms with van der Waals surface area (Å²) < 4.78 is 10.5. The molecule has 2 rings (SSSR count). The van der Waals surface area contributed by atoms with Gasteiger partial charge in [0.2, 0.25) is 5.78 Å². The number of hydrogen-bond donors (Lipinski definition) is 1. The van der Waals surface area contributed by atoms with Crippen LogP contribution < -0.4 is 4.74 Å². The van der Waals surface area contributed by atoms with Gasteiger partial charge in [-0.05, 0) is 32.9 Å². The number of halogens is 1. The summed E-state index contributed by atoms with van der Waals surface area (Å²) in [6, 6.07) is 6.89. The van der Waals surface area contributed by atoms with Gasteiger partial charge in [-0.25, -0.2) is 4.79 Å². The Labute approximate surface area is 139 Å². The molecule has 0 saturated heterocycles. The van der Waals surface area contributed by atoms with E-state index in [1.54, 1.807) is 45.0 Å². The molecule has 0 saturated carbocycles. The molecule has 0 spiro atoms. The van der Waals surface area contributed by atoms with Crippen LogP contribution >= 0.6 is 11.6 Å². The minimum Gasteiger partial charge on any atom is -0.484 e. The lowest BCUT2D eigenvalue weighted by Gasteiger charge is -2.08. The third kappa shape index (κ3) is 3.74. The molecule has 0 amide bonds. The Morgan fingerprint density at radius 1 is 1.13 bits per heavy atom. The Kier molecular flexibility index (Phi) is 5.45. The molecule has 0 fully saturated rings. The van der Waals surface area contributed by atoms with Crippen molar-refractivity contribution in [1.82, 2.24) is 4.98 Å². The van der Waals surface area contributed by atoms with E-state index < -0.39 is 5.97 Å². The highest BCUT2D eigenvalue weighted by Crippen LogP contribution is 2.24. The molecule has 0 radical (unpaired) electrons. The SMILES string of the molecule is CCOC(=O)c1c(C)[nH]c(C)c1C(=O)COc1ccccc1Cl. The van der Waals surface area contributed by atoms with Crippen molar-refractivity contribution in [2.75, 3.05) is 13.2 Å². The number of ketones is 1. The number of carbonyl (C=O) groups excluding carboxylic acids is 2. The van der Waals surface area contributed by atoms with Gasteiger partial charge in [0.05, 0.1) is 22.8 Å². The van der Waals surface area contributed by atoms with E-state index in [0.29, 0.717) is 27.7 Å². The first-order chi connectivity index (χ1) is 11.0. The number of esters is 1. The molecule has 122 valence electrons. The second-order valence-electron chi connectivity index (χ2n) is 4.99. The minimum absolute atomic E-state index is 0.214. The lowest BCUT2D eigenvalue weighted by atomic mass is 10.1. The van der Waals surface area contributed by atoms with Gasteiger partial charge in [0.25, 0.3) is 0 Å². The molecule has 6 heteroatoms. The highest BCUT2D eigenvalue weighted by Gasteiger charge is 2.25. The van der Waals surface area contributed by atoms with Crippen LogP contribution in [0.1, 0.15) is 39.0 Å². The number of nitrogens with one attached hydrogen (secondary N) is 1. The van der Waals surface area contributed by atoms with Crippen LogP contribution in [0.3, 0.4) is 0 Å². The monoisotopic (exact) mass is 335 g/mol. The topological polar surface area (TPSA) is 68.4 Å². The number of aromatic amines is 1. The number of aromatic nitrogens is 1. The second kappa shape index (κ2) is 7.33. The van der Waals surface area contributed by atoms with Crippen molar-refractivity contribution in [3.05, 3.63) is 51.8 Å². The average Bonchev–Trinajstić information content (AvgIpc) is 2.81. The molecule has 0 unspecified atom stereocenters. The van der Waals surface area contributed by atoms with Gasteiger partial charge in [-0.1, -0.05) is 23.7 Å². The van der Waals surface area contributed by atoms with Gasteiger partial charge in [0.15, 0.2) is 6.61 Å². The van der Waals surface area contributed by atoms with Gasteiger partial charge in [0, 0.05) is 11.4 Å².